The van der Waals surface area contributed by atoms with Crippen molar-refractivity contribution in [3.05, 3.63) is 46.3 Å². The van der Waals surface area contributed by atoms with E-state index >= 15 is 0 Å². The summed E-state index contributed by atoms with van der Waals surface area (Å²) < 4.78 is 0. The summed E-state index contributed by atoms with van der Waals surface area (Å²) in [6.45, 7) is 0.294. The van der Waals surface area contributed by atoms with Crippen LogP contribution in [-0.2, 0) is 17.6 Å². The third-order valence-corrected chi connectivity index (χ3v) is 5.35. The Hall–Kier alpha value is -2.18. The lowest BCUT2D eigenvalue weighted by Gasteiger charge is -2.14. The van der Waals surface area contributed by atoms with Gasteiger partial charge in [0.15, 0.2) is 0 Å². The van der Waals surface area contributed by atoms with Gasteiger partial charge in [-0.2, -0.15) is 0 Å². The molecule has 0 atom stereocenters. The van der Waals surface area contributed by atoms with Gasteiger partial charge in [0.2, 0.25) is 5.91 Å². The van der Waals surface area contributed by atoms with Crippen LogP contribution in [0, 0.1) is 0 Å². The third kappa shape index (κ3) is 4.27. The SMILES string of the molecule is CN(C)CC(=O)Nc1sc2c(c1C(=O)Nc1ccccc1)CCCC2. The smallest absolute Gasteiger partial charge is 0.258 e. The molecule has 5 nitrogen and oxygen atoms in total. The van der Waals surface area contributed by atoms with Crippen molar-refractivity contribution in [2.45, 2.75) is 25.7 Å². The minimum absolute atomic E-state index is 0.0997. The molecule has 2 amide bonds. The lowest BCUT2D eigenvalue weighted by Crippen LogP contribution is -2.27. The lowest BCUT2D eigenvalue weighted by molar-refractivity contribution is -0.116. The van der Waals surface area contributed by atoms with Gasteiger partial charge in [-0.1, -0.05) is 18.2 Å². The van der Waals surface area contributed by atoms with Crippen LogP contribution in [0.25, 0.3) is 0 Å². The van der Waals surface area contributed by atoms with E-state index in [0.29, 0.717) is 17.1 Å². The molecule has 0 saturated heterocycles. The molecule has 0 radical (unpaired) electrons. The number of aryl methyl sites for hydroxylation is 1. The fourth-order valence-corrected chi connectivity index (χ4v) is 4.37. The normalized spacial score (nSPS) is 13.4. The van der Waals surface area contributed by atoms with E-state index < -0.39 is 0 Å². The summed E-state index contributed by atoms with van der Waals surface area (Å²) in [6, 6.07) is 9.41. The van der Waals surface area contributed by atoms with E-state index in [0.717, 1.165) is 36.9 Å². The van der Waals surface area contributed by atoms with Crippen molar-refractivity contribution >= 4 is 33.8 Å². The van der Waals surface area contributed by atoms with E-state index in [-0.39, 0.29) is 11.8 Å². The lowest BCUT2D eigenvalue weighted by atomic mass is 9.95. The minimum Gasteiger partial charge on any atom is -0.322 e. The summed E-state index contributed by atoms with van der Waals surface area (Å²) in [5.41, 5.74) is 2.49. The molecule has 0 spiro atoms. The molecule has 0 fully saturated rings. The van der Waals surface area contributed by atoms with Crippen LogP contribution < -0.4 is 10.6 Å². The number of likely N-dealkylation sites (N-methyl/N-ethyl adjacent to an activating group) is 1. The van der Waals surface area contributed by atoms with Gasteiger partial charge in [0.25, 0.3) is 5.91 Å². The van der Waals surface area contributed by atoms with Gasteiger partial charge in [0.05, 0.1) is 12.1 Å². The number of amides is 2. The Bertz CT molecular complexity index is 768. The van der Waals surface area contributed by atoms with Crippen molar-refractivity contribution in [1.29, 1.82) is 0 Å². The molecule has 0 unspecified atom stereocenters. The van der Waals surface area contributed by atoms with Gasteiger partial charge in [-0.25, -0.2) is 0 Å². The second-order valence-electron chi connectivity index (χ2n) is 6.52. The van der Waals surface area contributed by atoms with E-state index in [1.165, 1.54) is 4.88 Å². The van der Waals surface area contributed by atoms with Crippen LogP contribution in [0.2, 0.25) is 0 Å². The number of fused-ring (bicyclic) bond motifs is 1. The van der Waals surface area contributed by atoms with Gasteiger partial charge < -0.3 is 15.5 Å². The molecule has 1 aromatic heterocycles. The Balaban J connectivity index is 1.88. The van der Waals surface area contributed by atoms with Crippen molar-refractivity contribution < 1.29 is 9.59 Å². The molecule has 3 rings (SSSR count). The molecule has 0 aliphatic heterocycles. The number of anilines is 2. The van der Waals surface area contributed by atoms with Crippen LogP contribution in [0.1, 0.15) is 33.6 Å². The number of rotatable bonds is 5. The molecule has 132 valence electrons. The first kappa shape index (κ1) is 17.6. The molecule has 1 aliphatic carbocycles. The molecular weight excluding hydrogens is 334 g/mol. The van der Waals surface area contributed by atoms with Crippen LogP contribution in [-0.4, -0.2) is 37.4 Å². The highest BCUT2D eigenvalue weighted by Crippen LogP contribution is 2.38. The number of nitrogens with zero attached hydrogens (tertiary/aromatic N) is 1. The van der Waals surface area contributed by atoms with Crippen molar-refractivity contribution in [3.8, 4) is 0 Å². The van der Waals surface area contributed by atoms with Crippen LogP contribution in [0.5, 0.6) is 0 Å². The summed E-state index contributed by atoms with van der Waals surface area (Å²) in [5.74, 6) is -0.247. The highest BCUT2D eigenvalue weighted by Gasteiger charge is 2.26. The van der Waals surface area contributed by atoms with Crippen molar-refractivity contribution in [3.63, 3.8) is 0 Å². The maximum absolute atomic E-state index is 12.9. The Morgan fingerprint density at radius 3 is 2.52 bits per heavy atom. The maximum Gasteiger partial charge on any atom is 0.258 e. The topological polar surface area (TPSA) is 61.4 Å². The number of carbonyl (C=O) groups excluding carboxylic acids is 2. The van der Waals surface area contributed by atoms with Gasteiger partial charge in [0, 0.05) is 10.6 Å². The number of nitrogens with one attached hydrogen (secondary N) is 2. The molecule has 6 heteroatoms. The average Bonchev–Trinajstić information content (AvgIpc) is 2.92. The predicted octanol–water partition coefficient (Wildman–Crippen LogP) is 3.38. The number of carbonyl (C=O) groups is 2. The number of hydrogen-bond donors (Lipinski definition) is 2. The van der Waals surface area contributed by atoms with Gasteiger partial charge in [-0.05, 0) is 57.5 Å². The summed E-state index contributed by atoms with van der Waals surface area (Å²) >= 11 is 1.54. The molecule has 0 saturated carbocycles. The van der Waals surface area contributed by atoms with Crippen LogP contribution in [0.3, 0.4) is 0 Å². The van der Waals surface area contributed by atoms with Crippen molar-refractivity contribution in [2.75, 3.05) is 31.3 Å². The standard InChI is InChI=1S/C19H23N3O2S/c1-22(2)12-16(23)21-19-17(14-10-6-7-11-15(14)25-19)18(24)20-13-8-4-3-5-9-13/h3-5,8-9H,6-7,10-12H2,1-2H3,(H,20,24)(H,21,23). The zero-order valence-corrected chi connectivity index (χ0v) is 15.4. The highest BCUT2D eigenvalue weighted by molar-refractivity contribution is 7.17. The monoisotopic (exact) mass is 357 g/mol. The molecule has 1 aromatic carbocycles. The number of para-hydroxylation sites is 1. The first-order chi connectivity index (χ1) is 12.0. The van der Waals surface area contributed by atoms with Crippen LogP contribution >= 0.6 is 11.3 Å². The summed E-state index contributed by atoms with van der Waals surface area (Å²) in [7, 11) is 3.70. The third-order valence-electron chi connectivity index (χ3n) is 4.14. The molecule has 1 heterocycles. The largest absolute Gasteiger partial charge is 0.322 e. The maximum atomic E-state index is 12.9. The summed E-state index contributed by atoms with van der Waals surface area (Å²) in [5, 5.41) is 6.57. The van der Waals surface area contributed by atoms with E-state index in [4.69, 9.17) is 0 Å². The predicted molar refractivity (Wildman–Crippen MR) is 103 cm³/mol. The quantitative estimate of drug-likeness (QED) is 0.862. The summed E-state index contributed by atoms with van der Waals surface area (Å²) in [4.78, 5) is 28.1. The van der Waals surface area contributed by atoms with E-state index in [1.54, 1.807) is 11.3 Å². The molecule has 25 heavy (non-hydrogen) atoms. The fraction of sp³-hybridized carbons (Fsp3) is 0.368. The number of thiophene rings is 1. The van der Waals surface area contributed by atoms with Gasteiger partial charge in [0.1, 0.15) is 5.00 Å². The molecular formula is C19H23N3O2S. The first-order valence-electron chi connectivity index (χ1n) is 8.50. The Morgan fingerprint density at radius 1 is 1.08 bits per heavy atom. The number of hydrogen-bond acceptors (Lipinski definition) is 4. The average molecular weight is 357 g/mol. The zero-order chi connectivity index (χ0) is 17.8. The van der Waals surface area contributed by atoms with Gasteiger partial charge in [-0.15, -0.1) is 11.3 Å². The van der Waals surface area contributed by atoms with E-state index in [1.807, 2.05) is 49.3 Å². The van der Waals surface area contributed by atoms with Crippen LogP contribution in [0.4, 0.5) is 10.7 Å². The number of benzene rings is 1. The highest BCUT2D eigenvalue weighted by atomic mass is 32.1. The summed E-state index contributed by atoms with van der Waals surface area (Å²) in [6.07, 6.45) is 4.10. The van der Waals surface area contributed by atoms with Crippen LogP contribution in [0.15, 0.2) is 30.3 Å². The zero-order valence-electron chi connectivity index (χ0n) is 14.6. The van der Waals surface area contributed by atoms with E-state index in [9.17, 15) is 9.59 Å². The second kappa shape index (κ2) is 7.80. The van der Waals surface area contributed by atoms with Gasteiger partial charge >= 0.3 is 0 Å². The molecule has 0 bridgehead atoms. The van der Waals surface area contributed by atoms with Gasteiger partial charge in [-0.3, -0.25) is 9.59 Å². The van der Waals surface area contributed by atoms with E-state index in [2.05, 4.69) is 10.6 Å². The minimum atomic E-state index is -0.147. The second-order valence-corrected chi connectivity index (χ2v) is 7.63. The molecule has 2 N–H and O–H groups in total. The first-order valence-corrected chi connectivity index (χ1v) is 9.31. The molecule has 1 aliphatic rings. The Kier molecular flexibility index (Phi) is 5.50. The Morgan fingerprint density at radius 2 is 1.80 bits per heavy atom. The van der Waals surface area contributed by atoms with Crippen molar-refractivity contribution in [1.82, 2.24) is 4.90 Å². The van der Waals surface area contributed by atoms with Crippen molar-refractivity contribution in [2.24, 2.45) is 0 Å². The Labute approximate surface area is 152 Å². The fourth-order valence-electron chi connectivity index (χ4n) is 3.06. The molecule has 2 aromatic rings.